The minimum Gasteiger partial charge on any atom is -0.394 e. The van der Waals surface area contributed by atoms with Gasteiger partial charge in [-0.15, -0.1) is 0 Å². The lowest BCUT2D eigenvalue weighted by Crippen LogP contribution is -2.45. The first-order valence-electron chi connectivity index (χ1n) is 9.54. The van der Waals surface area contributed by atoms with Crippen LogP contribution in [0, 0.1) is 0 Å². The molecule has 1 fully saturated rings. The summed E-state index contributed by atoms with van der Waals surface area (Å²) >= 11 is 6.54. The van der Waals surface area contributed by atoms with Crippen molar-refractivity contribution in [2.75, 3.05) is 6.61 Å². The molecule has 3 atom stereocenters. The summed E-state index contributed by atoms with van der Waals surface area (Å²) in [6, 6.07) is 12.4. The Bertz CT molecular complexity index is 820. The van der Waals surface area contributed by atoms with E-state index in [1.165, 1.54) is 11.1 Å². The lowest BCUT2D eigenvalue weighted by molar-refractivity contribution is -0.302. The SMILES string of the molecule is CCc1ccc(Cc2c(Cl)ccc3c2COC32CC(O)C[C@@H](CO)O2)cc1. The van der Waals surface area contributed by atoms with Gasteiger partial charge in [0.2, 0.25) is 0 Å². The summed E-state index contributed by atoms with van der Waals surface area (Å²) in [5, 5.41) is 20.5. The second-order valence-corrected chi connectivity index (χ2v) is 7.86. The van der Waals surface area contributed by atoms with E-state index in [0.717, 1.165) is 29.5 Å². The number of rotatable bonds is 4. The maximum Gasteiger partial charge on any atom is 0.198 e. The highest BCUT2D eigenvalue weighted by Crippen LogP contribution is 2.47. The number of aryl methyl sites for hydroxylation is 1. The summed E-state index contributed by atoms with van der Waals surface area (Å²) in [6.45, 7) is 2.40. The first kappa shape index (κ1) is 18.9. The predicted octanol–water partition coefficient (Wildman–Crippen LogP) is 3.71. The largest absolute Gasteiger partial charge is 0.394 e. The van der Waals surface area contributed by atoms with Gasteiger partial charge in [-0.2, -0.15) is 0 Å². The maximum absolute atomic E-state index is 10.3. The molecule has 2 heterocycles. The summed E-state index contributed by atoms with van der Waals surface area (Å²) in [6.07, 6.45) is 1.52. The molecule has 5 heteroatoms. The molecule has 2 aromatic rings. The van der Waals surface area contributed by atoms with E-state index in [-0.39, 0.29) is 6.61 Å². The molecule has 0 aromatic heterocycles. The van der Waals surface area contributed by atoms with Gasteiger partial charge in [0, 0.05) is 23.4 Å². The first-order valence-corrected chi connectivity index (χ1v) is 9.91. The monoisotopic (exact) mass is 388 g/mol. The van der Waals surface area contributed by atoms with Crippen molar-refractivity contribution >= 4 is 11.6 Å². The Labute approximate surface area is 164 Å². The number of benzene rings is 2. The Balaban J connectivity index is 1.68. The van der Waals surface area contributed by atoms with Crippen LogP contribution in [0.2, 0.25) is 5.02 Å². The summed E-state index contributed by atoms with van der Waals surface area (Å²) in [7, 11) is 0. The van der Waals surface area contributed by atoms with Gasteiger partial charge in [-0.3, -0.25) is 0 Å². The second-order valence-electron chi connectivity index (χ2n) is 7.46. The average Bonchev–Trinajstić information content (AvgIpc) is 3.01. The Morgan fingerprint density at radius 2 is 1.89 bits per heavy atom. The number of fused-ring (bicyclic) bond motifs is 2. The van der Waals surface area contributed by atoms with Gasteiger partial charge >= 0.3 is 0 Å². The normalized spacial score (nSPS) is 27.1. The van der Waals surface area contributed by atoms with E-state index in [1.807, 2.05) is 12.1 Å². The standard InChI is InChI=1S/C22H25ClO4/c1-2-14-3-5-15(6-4-14)9-18-19-13-26-22(20(19)7-8-21(18)23)11-16(25)10-17(12-24)27-22/h3-8,16-17,24-25H,2,9-13H2,1H3/t16?,17-,22?/m0/s1. The predicted molar refractivity (Wildman–Crippen MR) is 104 cm³/mol. The van der Waals surface area contributed by atoms with Gasteiger partial charge in [0.25, 0.3) is 0 Å². The van der Waals surface area contributed by atoms with Crippen molar-refractivity contribution in [3.8, 4) is 0 Å². The lowest BCUT2D eigenvalue weighted by atomic mass is 9.89. The fourth-order valence-electron chi connectivity index (χ4n) is 4.18. The summed E-state index contributed by atoms with van der Waals surface area (Å²) in [5.41, 5.74) is 5.50. The van der Waals surface area contributed by atoms with Gasteiger partial charge in [0.05, 0.1) is 25.4 Å². The molecule has 1 spiro atoms. The molecule has 2 aromatic carbocycles. The zero-order chi connectivity index (χ0) is 19.0. The van der Waals surface area contributed by atoms with Crippen LogP contribution in [0.5, 0.6) is 0 Å². The van der Waals surface area contributed by atoms with Gasteiger partial charge in [0.1, 0.15) is 0 Å². The van der Waals surface area contributed by atoms with E-state index in [4.69, 9.17) is 21.1 Å². The number of hydrogen-bond donors (Lipinski definition) is 2. The molecule has 0 radical (unpaired) electrons. The topological polar surface area (TPSA) is 58.9 Å². The number of aliphatic hydroxyl groups is 2. The Morgan fingerprint density at radius 1 is 1.15 bits per heavy atom. The van der Waals surface area contributed by atoms with Crippen molar-refractivity contribution in [2.45, 2.75) is 57.2 Å². The fraction of sp³-hybridized carbons (Fsp3) is 0.455. The molecule has 0 amide bonds. The van der Waals surface area contributed by atoms with Gasteiger partial charge in [-0.1, -0.05) is 48.9 Å². The third-order valence-electron chi connectivity index (χ3n) is 5.65. The molecule has 2 aliphatic heterocycles. The molecule has 0 bridgehead atoms. The molecular weight excluding hydrogens is 364 g/mol. The summed E-state index contributed by atoms with van der Waals surface area (Å²) in [5.74, 6) is -0.994. The fourth-order valence-corrected chi connectivity index (χ4v) is 4.43. The van der Waals surface area contributed by atoms with Crippen molar-refractivity contribution in [3.05, 3.63) is 69.2 Å². The average molecular weight is 389 g/mol. The summed E-state index contributed by atoms with van der Waals surface area (Å²) in [4.78, 5) is 0. The van der Waals surface area contributed by atoms with Crippen LogP contribution >= 0.6 is 11.6 Å². The van der Waals surface area contributed by atoms with E-state index in [1.54, 1.807) is 0 Å². The van der Waals surface area contributed by atoms with E-state index in [9.17, 15) is 10.2 Å². The molecule has 2 unspecified atom stereocenters. The van der Waals surface area contributed by atoms with Gasteiger partial charge < -0.3 is 19.7 Å². The van der Waals surface area contributed by atoms with Crippen LogP contribution in [0.25, 0.3) is 0 Å². The number of aliphatic hydroxyl groups excluding tert-OH is 2. The van der Waals surface area contributed by atoms with E-state index in [0.29, 0.717) is 24.5 Å². The molecule has 4 rings (SSSR count). The van der Waals surface area contributed by atoms with Gasteiger partial charge in [-0.05, 0) is 41.2 Å². The highest BCUT2D eigenvalue weighted by atomic mass is 35.5. The van der Waals surface area contributed by atoms with Crippen LogP contribution in [0.3, 0.4) is 0 Å². The first-order chi connectivity index (χ1) is 13.0. The highest BCUT2D eigenvalue weighted by molar-refractivity contribution is 6.31. The third kappa shape index (κ3) is 3.53. The minimum absolute atomic E-state index is 0.137. The van der Waals surface area contributed by atoms with Crippen LogP contribution in [0.15, 0.2) is 36.4 Å². The molecule has 2 aliphatic rings. The Morgan fingerprint density at radius 3 is 2.59 bits per heavy atom. The van der Waals surface area contributed by atoms with E-state index in [2.05, 4.69) is 31.2 Å². The molecular formula is C22H25ClO4. The number of ether oxygens (including phenoxy) is 2. The Hall–Kier alpha value is -1.43. The molecule has 4 nitrogen and oxygen atoms in total. The molecule has 0 aliphatic carbocycles. The van der Waals surface area contributed by atoms with Crippen molar-refractivity contribution < 1.29 is 19.7 Å². The number of halogens is 1. The zero-order valence-electron chi connectivity index (χ0n) is 15.5. The smallest absolute Gasteiger partial charge is 0.198 e. The van der Waals surface area contributed by atoms with Crippen LogP contribution in [-0.2, 0) is 34.7 Å². The van der Waals surface area contributed by atoms with Crippen LogP contribution < -0.4 is 0 Å². The van der Waals surface area contributed by atoms with Crippen molar-refractivity contribution in [1.29, 1.82) is 0 Å². The van der Waals surface area contributed by atoms with Gasteiger partial charge in [-0.25, -0.2) is 0 Å². The molecule has 2 N–H and O–H groups in total. The molecule has 144 valence electrons. The van der Waals surface area contributed by atoms with E-state index >= 15 is 0 Å². The maximum atomic E-state index is 10.3. The number of hydrogen-bond acceptors (Lipinski definition) is 4. The molecule has 0 saturated carbocycles. The highest BCUT2D eigenvalue weighted by Gasteiger charge is 2.48. The zero-order valence-corrected chi connectivity index (χ0v) is 16.2. The molecule has 27 heavy (non-hydrogen) atoms. The quantitative estimate of drug-likeness (QED) is 0.838. The minimum atomic E-state index is -0.994. The summed E-state index contributed by atoms with van der Waals surface area (Å²) < 4.78 is 12.2. The van der Waals surface area contributed by atoms with Crippen LogP contribution in [0.4, 0.5) is 0 Å². The molecule has 1 saturated heterocycles. The van der Waals surface area contributed by atoms with Crippen molar-refractivity contribution in [1.82, 2.24) is 0 Å². The third-order valence-corrected chi connectivity index (χ3v) is 6.00. The lowest BCUT2D eigenvalue weighted by Gasteiger charge is -2.40. The second kappa shape index (κ2) is 7.53. The Kier molecular flexibility index (Phi) is 5.28. The van der Waals surface area contributed by atoms with Crippen LogP contribution in [-0.4, -0.2) is 29.0 Å². The van der Waals surface area contributed by atoms with Crippen molar-refractivity contribution in [3.63, 3.8) is 0 Å². The van der Waals surface area contributed by atoms with E-state index < -0.39 is 18.0 Å². The van der Waals surface area contributed by atoms with Crippen molar-refractivity contribution in [2.24, 2.45) is 0 Å². The van der Waals surface area contributed by atoms with Crippen LogP contribution in [0.1, 0.15) is 47.6 Å². The van der Waals surface area contributed by atoms with Gasteiger partial charge in [0.15, 0.2) is 5.79 Å².